The molecule has 0 radical (unpaired) electrons. The van der Waals surface area contributed by atoms with Crippen LogP contribution in [0.3, 0.4) is 0 Å². The summed E-state index contributed by atoms with van der Waals surface area (Å²) in [4.78, 5) is 33.5. The Balaban J connectivity index is 1.31. The van der Waals surface area contributed by atoms with E-state index in [1.807, 2.05) is 73.7 Å². The molecule has 6 rings (SSSR count). The van der Waals surface area contributed by atoms with Gasteiger partial charge in [-0.1, -0.05) is 42.5 Å². The van der Waals surface area contributed by atoms with Crippen molar-refractivity contribution >= 4 is 40.1 Å². The van der Waals surface area contributed by atoms with Gasteiger partial charge in [-0.3, -0.25) is 4.79 Å². The highest BCUT2D eigenvalue weighted by Crippen LogP contribution is 2.39. The number of carbonyl (C=O) groups is 2. The number of amides is 1. The third kappa shape index (κ3) is 4.47. The summed E-state index contributed by atoms with van der Waals surface area (Å²) in [5.41, 5.74) is 6.82. The van der Waals surface area contributed by atoms with E-state index in [1.54, 1.807) is 19.1 Å². The molecular formula is C33H30N2O5. The number of benzene rings is 3. The first-order valence-electron chi connectivity index (χ1n) is 13.4. The van der Waals surface area contributed by atoms with Gasteiger partial charge in [0.15, 0.2) is 18.1 Å². The van der Waals surface area contributed by atoms with E-state index in [2.05, 4.69) is 6.08 Å². The molecule has 0 fully saturated rings. The molecule has 1 atom stereocenters. The average molecular weight is 535 g/mol. The second-order valence-corrected chi connectivity index (χ2v) is 10.1. The number of rotatable bonds is 6. The van der Waals surface area contributed by atoms with Crippen LogP contribution >= 0.6 is 0 Å². The van der Waals surface area contributed by atoms with Gasteiger partial charge in [0.2, 0.25) is 0 Å². The lowest BCUT2D eigenvalue weighted by molar-refractivity contribution is -0.122. The van der Waals surface area contributed by atoms with Gasteiger partial charge >= 0.3 is 5.97 Å². The number of anilines is 1. The normalized spacial score (nSPS) is 16.6. The summed E-state index contributed by atoms with van der Waals surface area (Å²) < 4.78 is 16.5. The lowest BCUT2D eigenvalue weighted by Crippen LogP contribution is -2.38. The highest BCUT2D eigenvalue weighted by atomic mass is 16.5. The van der Waals surface area contributed by atoms with Crippen LogP contribution in [0.2, 0.25) is 0 Å². The number of esters is 1. The van der Waals surface area contributed by atoms with Crippen LogP contribution in [0, 0.1) is 0 Å². The number of nitrogens with zero attached hydrogens (tertiary/aromatic N) is 2. The first-order valence-corrected chi connectivity index (χ1v) is 13.4. The van der Waals surface area contributed by atoms with Crippen molar-refractivity contribution in [2.45, 2.75) is 32.2 Å². The summed E-state index contributed by atoms with van der Waals surface area (Å²) in [7, 11) is 3.22. The molecule has 3 aromatic carbocycles. The van der Waals surface area contributed by atoms with E-state index >= 15 is 0 Å². The fraction of sp³-hybridized carbons (Fsp3) is 0.242. The zero-order valence-electron chi connectivity index (χ0n) is 22.8. The minimum absolute atomic E-state index is 0.0129. The number of hydrogen-bond donors (Lipinski definition) is 0. The molecule has 0 saturated heterocycles. The molecule has 1 aromatic heterocycles. The molecule has 2 aliphatic rings. The van der Waals surface area contributed by atoms with Crippen molar-refractivity contribution < 1.29 is 23.8 Å². The van der Waals surface area contributed by atoms with Crippen molar-refractivity contribution in [2.24, 2.45) is 0 Å². The van der Waals surface area contributed by atoms with Gasteiger partial charge in [0, 0.05) is 17.1 Å². The van der Waals surface area contributed by atoms with Crippen LogP contribution in [0.4, 0.5) is 5.69 Å². The monoisotopic (exact) mass is 534 g/mol. The minimum atomic E-state index is -0.504. The molecule has 1 amide bonds. The largest absolute Gasteiger partial charge is 0.493 e. The highest BCUT2D eigenvalue weighted by molar-refractivity contribution is 6.08. The van der Waals surface area contributed by atoms with Gasteiger partial charge in [-0.15, -0.1) is 0 Å². The molecule has 40 heavy (non-hydrogen) atoms. The average Bonchev–Trinajstić information content (AvgIpc) is 3.53. The maximum atomic E-state index is 13.6. The summed E-state index contributed by atoms with van der Waals surface area (Å²) in [5, 5.41) is 0.728. The smallest absolute Gasteiger partial charge is 0.339 e. The Morgan fingerprint density at radius 2 is 1.75 bits per heavy atom. The Hall–Kier alpha value is -4.65. The fourth-order valence-electron chi connectivity index (χ4n) is 5.87. The second-order valence-electron chi connectivity index (χ2n) is 10.1. The van der Waals surface area contributed by atoms with E-state index in [0.717, 1.165) is 51.9 Å². The maximum absolute atomic E-state index is 13.6. The Bertz CT molecular complexity index is 1680. The number of pyridine rings is 1. The van der Waals surface area contributed by atoms with Crippen LogP contribution in [0.15, 0.2) is 66.7 Å². The van der Waals surface area contributed by atoms with Crippen molar-refractivity contribution in [1.29, 1.82) is 0 Å². The molecular weight excluding hydrogens is 504 g/mol. The topological polar surface area (TPSA) is 78.0 Å². The first kappa shape index (κ1) is 25.6. The van der Waals surface area contributed by atoms with Crippen LogP contribution in [-0.2, 0) is 22.4 Å². The first-order chi connectivity index (χ1) is 19.5. The lowest BCUT2D eigenvalue weighted by Gasteiger charge is -2.22. The van der Waals surface area contributed by atoms with E-state index in [1.165, 1.54) is 0 Å². The molecule has 202 valence electrons. The molecule has 1 aliphatic carbocycles. The molecule has 7 nitrogen and oxygen atoms in total. The number of hydrogen-bond acceptors (Lipinski definition) is 6. The Morgan fingerprint density at radius 3 is 2.58 bits per heavy atom. The van der Waals surface area contributed by atoms with E-state index in [4.69, 9.17) is 19.2 Å². The predicted molar refractivity (Wildman–Crippen MR) is 155 cm³/mol. The van der Waals surface area contributed by atoms with Crippen molar-refractivity contribution in [2.75, 3.05) is 25.7 Å². The summed E-state index contributed by atoms with van der Waals surface area (Å²) in [6.07, 6.45) is 4.24. The van der Waals surface area contributed by atoms with Gasteiger partial charge < -0.3 is 19.1 Å². The molecule has 0 saturated carbocycles. The second kappa shape index (κ2) is 10.5. The number of carbonyl (C=O) groups excluding carboxylic acids is 2. The number of aromatic nitrogens is 1. The molecule has 7 heteroatoms. The van der Waals surface area contributed by atoms with Crippen LogP contribution in [-0.4, -0.2) is 43.7 Å². The number of allylic oxidation sites excluding steroid dienone is 1. The molecule has 0 N–H and O–H groups in total. The zero-order chi connectivity index (χ0) is 27.8. The van der Waals surface area contributed by atoms with E-state index in [9.17, 15) is 9.59 Å². The summed E-state index contributed by atoms with van der Waals surface area (Å²) in [6.45, 7) is 1.69. The Morgan fingerprint density at radius 1 is 0.975 bits per heavy atom. The molecule has 2 heterocycles. The maximum Gasteiger partial charge on any atom is 0.339 e. The Labute approximate surface area is 233 Å². The van der Waals surface area contributed by atoms with Gasteiger partial charge in [0.05, 0.1) is 31.0 Å². The van der Waals surface area contributed by atoms with Crippen LogP contribution in [0.5, 0.6) is 11.5 Å². The summed E-state index contributed by atoms with van der Waals surface area (Å²) >= 11 is 0. The van der Waals surface area contributed by atoms with Gasteiger partial charge in [0.1, 0.15) is 0 Å². The highest BCUT2D eigenvalue weighted by Gasteiger charge is 2.32. The predicted octanol–water partition coefficient (Wildman–Crippen LogP) is 5.87. The van der Waals surface area contributed by atoms with E-state index in [0.29, 0.717) is 29.0 Å². The summed E-state index contributed by atoms with van der Waals surface area (Å²) in [5.74, 6) is 0.572. The van der Waals surface area contributed by atoms with Crippen molar-refractivity contribution in [3.8, 4) is 11.5 Å². The molecule has 0 spiro atoms. The van der Waals surface area contributed by atoms with Crippen LogP contribution < -0.4 is 14.4 Å². The minimum Gasteiger partial charge on any atom is -0.493 e. The zero-order valence-corrected chi connectivity index (χ0v) is 22.8. The number of methoxy groups -OCH3 is 2. The van der Waals surface area contributed by atoms with E-state index in [-0.39, 0.29) is 18.6 Å². The van der Waals surface area contributed by atoms with Crippen LogP contribution in [0.1, 0.15) is 46.1 Å². The van der Waals surface area contributed by atoms with Gasteiger partial charge in [-0.2, -0.15) is 0 Å². The van der Waals surface area contributed by atoms with Crippen molar-refractivity contribution in [3.63, 3.8) is 0 Å². The lowest BCUT2D eigenvalue weighted by atomic mass is 10.0. The standard InChI is InChI=1S/C33H30N2O5/c1-20-16-22-8-4-7-11-27(22)35(20)30(36)19-40-33(37)31-24-9-5-6-10-26(24)34-32-23(13-14-25(31)32)17-21-12-15-28(38-2)29(18-21)39-3/h4-12,15,17-18,20H,13-14,16,19H2,1-3H3/b23-17+/t20-/m1/s1. The van der Waals surface area contributed by atoms with Gasteiger partial charge in [-0.25, -0.2) is 9.78 Å². The fourth-order valence-corrected chi connectivity index (χ4v) is 5.87. The number of ether oxygens (including phenoxy) is 3. The number of para-hydroxylation sites is 2. The van der Waals surface area contributed by atoms with Crippen molar-refractivity contribution in [3.05, 3.63) is 94.7 Å². The van der Waals surface area contributed by atoms with Crippen LogP contribution in [0.25, 0.3) is 22.6 Å². The molecule has 0 unspecified atom stereocenters. The van der Waals surface area contributed by atoms with E-state index < -0.39 is 5.97 Å². The van der Waals surface area contributed by atoms with Gasteiger partial charge in [-0.05, 0) is 78.8 Å². The SMILES string of the molecule is COc1ccc(/C=C2\CCc3c2nc2ccccc2c3C(=O)OCC(=O)N2c3ccccc3C[C@H]2C)cc1OC. The molecule has 1 aliphatic heterocycles. The van der Waals surface area contributed by atoms with Gasteiger partial charge in [0.25, 0.3) is 5.91 Å². The molecule has 4 aromatic rings. The number of fused-ring (bicyclic) bond motifs is 3. The van der Waals surface area contributed by atoms with Crippen molar-refractivity contribution in [1.82, 2.24) is 4.98 Å². The third-order valence-corrected chi connectivity index (χ3v) is 7.70. The quantitative estimate of drug-likeness (QED) is 0.288. The summed E-state index contributed by atoms with van der Waals surface area (Å²) in [6, 6.07) is 21.2. The Kier molecular flexibility index (Phi) is 6.72. The third-order valence-electron chi connectivity index (χ3n) is 7.70. The molecule has 0 bridgehead atoms.